The zero-order valence-corrected chi connectivity index (χ0v) is 12.6. The fraction of sp³-hybridized carbons (Fsp3) is 0.600. The molecule has 1 heterocycles. The molecule has 3 heteroatoms. The molecule has 2 atom stereocenters. The maximum Gasteiger partial charge on any atom is 0.115 e. The van der Waals surface area contributed by atoms with Crippen molar-refractivity contribution in [2.45, 2.75) is 44.1 Å². The highest BCUT2D eigenvalue weighted by Crippen LogP contribution is 2.49. The van der Waals surface area contributed by atoms with Crippen molar-refractivity contribution in [3.63, 3.8) is 0 Å². The van der Waals surface area contributed by atoms with Crippen molar-refractivity contribution in [3.8, 4) is 5.75 Å². The van der Waals surface area contributed by atoms with Crippen LogP contribution in [-0.2, 0) is 5.41 Å². The maximum absolute atomic E-state index is 9.66. The summed E-state index contributed by atoms with van der Waals surface area (Å²) < 4.78 is 0. The summed E-state index contributed by atoms with van der Waals surface area (Å²) >= 11 is 0. The van der Waals surface area contributed by atoms with Gasteiger partial charge in [0.2, 0.25) is 0 Å². The van der Waals surface area contributed by atoms with E-state index in [2.05, 4.69) is 17.9 Å². The Hall–Kier alpha value is -0.540. The van der Waals surface area contributed by atoms with E-state index in [-0.39, 0.29) is 17.0 Å². The smallest absolute Gasteiger partial charge is 0.115 e. The van der Waals surface area contributed by atoms with Gasteiger partial charge in [-0.25, -0.2) is 0 Å². The molecule has 1 aromatic rings. The molecule has 1 aromatic carbocycles. The second kappa shape index (κ2) is 5.22. The maximum atomic E-state index is 9.66. The molecular formula is C15H22BrNO. The van der Waals surface area contributed by atoms with E-state index >= 15 is 0 Å². The molecule has 0 aromatic heterocycles. The topological polar surface area (TPSA) is 23.5 Å². The van der Waals surface area contributed by atoms with Gasteiger partial charge in [-0.05, 0) is 61.9 Å². The molecule has 1 saturated heterocycles. The average Bonchev–Trinajstić information content (AvgIpc) is 2.69. The highest BCUT2D eigenvalue weighted by molar-refractivity contribution is 8.93. The molecule has 1 aliphatic heterocycles. The Balaban J connectivity index is 0.00000120. The van der Waals surface area contributed by atoms with Gasteiger partial charge in [0.05, 0.1) is 0 Å². The van der Waals surface area contributed by atoms with E-state index in [0.717, 1.165) is 6.04 Å². The van der Waals surface area contributed by atoms with Gasteiger partial charge in [-0.2, -0.15) is 0 Å². The lowest BCUT2D eigenvalue weighted by Gasteiger charge is -2.39. The molecule has 0 amide bonds. The first-order valence-electron chi connectivity index (χ1n) is 6.77. The van der Waals surface area contributed by atoms with Crippen LogP contribution in [0.1, 0.15) is 38.2 Å². The quantitative estimate of drug-likeness (QED) is 0.904. The fourth-order valence-electron chi connectivity index (χ4n) is 3.84. The number of likely N-dealkylation sites (tertiary alicyclic amines) is 1. The lowest BCUT2D eigenvalue weighted by molar-refractivity contribution is 0.148. The Morgan fingerprint density at radius 2 is 2.22 bits per heavy atom. The number of rotatable bonds is 2. The van der Waals surface area contributed by atoms with Crippen LogP contribution < -0.4 is 0 Å². The molecule has 2 aliphatic rings. The summed E-state index contributed by atoms with van der Waals surface area (Å²) in [6, 6.07) is 8.71. The molecule has 100 valence electrons. The van der Waals surface area contributed by atoms with Gasteiger partial charge in [-0.15, -0.1) is 17.0 Å². The predicted octanol–water partition coefficient (Wildman–Crippen LogP) is 3.49. The standard InChI is InChI=1S/C15H21NO.BrH/c1-2-16-9-8-15(7-6-13(16)11-15)12-4-3-5-14(17)10-12;/h3-5,10,13,17H,2,6-9,11H2,1H3;1H. The molecule has 2 nitrogen and oxygen atoms in total. The largest absolute Gasteiger partial charge is 0.508 e. The molecule has 1 aliphatic carbocycles. The van der Waals surface area contributed by atoms with E-state index in [1.807, 2.05) is 12.1 Å². The van der Waals surface area contributed by atoms with Crippen molar-refractivity contribution < 1.29 is 5.11 Å². The van der Waals surface area contributed by atoms with E-state index in [4.69, 9.17) is 0 Å². The summed E-state index contributed by atoms with van der Waals surface area (Å²) in [6.07, 6.45) is 5.15. The number of phenols is 1. The Labute approximate surface area is 120 Å². The number of aromatic hydroxyl groups is 1. The van der Waals surface area contributed by atoms with Crippen molar-refractivity contribution in [1.29, 1.82) is 0 Å². The Morgan fingerprint density at radius 3 is 2.94 bits per heavy atom. The number of hydrogen-bond donors (Lipinski definition) is 1. The van der Waals surface area contributed by atoms with Crippen molar-refractivity contribution in [2.75, 3.05) is 13.1 Å². The zero-order valence-electron chi connectivity index (χ0n) is 10.9. The molecular weight excluding hydrogens is 290 g/mol. The third-order valence-electron chi connectivity index (χ3n) is 4.84. The van der Waals surface area contributed by atoms with Crippen molar-refractivity contribution in [2.24, 2.45) is 0 Å². The van der Waals surface area contributed by atoms with Crippen LogP contribution in [0.15, 0.2) is 24.3 Å². The number of nitrogens with zero attached hydrogens (tertiary/aromatic N) is 1. The monoisotopic (exact) mass is 311 g/mol. The highest BCUT2D eigenvalue weighted by atomic mass is 79.9. The normalized spacial score (nSPS) is 31.1. The van der Waals surface area contributed by atoms with Gasteiger partial charge in [0.15, 0.2) is 0 Å². The predicted molar refractivity (Wildman–Crippen MR) is 79.6 cm³/mol. The van der Waals surface area contributed by atoms with Gasteiger partial charge in [0.25, 0.3) is 0 Å². The third-order valence-corrected chi connectivity index (χ3v) is 4.84. The number of hydrogen-bond acceptors (Lipinski definition) is 2. The summed E-state index contributed by atoms with van der Waals surface area (Å²) in [5.41, 5.74) is 1.71. The van der Waals surface area contributed by atoms with E-state index in [9.17, 15) is 5.11 Å². The summed E-state index contributed by atoms with van der Waals surface area (Å²) in [4.78, 5) is 2.62. The van der Waals surface area contributed by atoms with Gasteiger partial charge >= 0.3 is 0 Å². The van der Waals surface area contributed by atoms with E-state index in [0.29, 0.717) is 11.2 Å². The first-order valence-corrected chi connectivity index (χ1v) is 6.77. The van der Waals surface area contributed by atoms with Crippen LogP contribution >= 0.6 is 17.0 Å². The number of halogens is 1. The number of phenolic OH excluding ortho intramolecular Hbond substituents is 1. The van der Waals surface area contributed by atoms with Crippen LogP contribution in [0.5, 0.6) is 5.75 Å². The van der Waals surface area contributed by atoms with Gasteiger partial charge in [-0.1, -0.05) is 19.1 Å². The minimum Gasteiger partial charge on any atom is -0.508 e. The summed E-state index contributed by atoms with van der Waals surface area (Å²) in [5, 5.41) is 9.66. The molecule has 3 rings (SSSR count). The number of fused-ring (bicyclic) bond motifs is 2. The highest BCUT2D eigenvalue weighted by Gasteiger charge is 2.45. The molecule has 2 unspecified atom stereocenters. The lowest BCUT2D eigenvalue weighted by Crippen LogP contribution is -2.42. The molecule has 1 N–H and O–H groups in total. The Kier molecular flexibility index (Phi) is 4.02. The van der Waals surface area contributed by atoms with Crippen molar-refractivity contribution >= 4 is 17.0 Å². The summed E-state index contributed by atoms with van der Waals surface area (Å²) in [7, 11) is 0. The SMILES string of the molecule is Br.CCN1CCC2(c3cccc(O)c3)CCC1C2. The van der Waals surface area contributed by atoms with Crippen molar-refractivity contribution in [1.82, 2.24) is 4.90 Å². The number of piperidine rings is 1. The Morgan fingerprint density at radius 1 is 1.39 bits per heavy atom. The molecule has 18 heavy (non-hydrogen) atoms. The van der Waals surface area contributed by atoms with Crippen molar-refractivity contribution in [3.05, 3.63) is 29.8 Å². The molecule has 1 saturated carbocycles. The van der Waals surface area contributed by atoms with Crippen LogP contribution in [0.4, 0.5) is 0 Å². The fourth-order valence-corrected chi connectivity index (χ4v) is 3.84. The van der Waals surface area contributed by atoms with Crippen LogP contribution in [0.25, 0.3) is 0 Å². The molecule has 2 bridgehead atoms. The van der Waals surface area contributed by atoms with Crippen LogP contribution in [0, 0.1) is 0 Å². The first-order chi connectivity index (χ1) is 8.23. The van der Waals surface area contributed by atoms with Gasteiger partial charge in [-0.3, -0.25) is 0 Å². The van der Waals surface area contributed by atoms with E-state index in [1.54, 1.807) is 6.07 Å². The second-order valence-corrected chi connectivity index (χ2v) is 5.61. The minimum atomic E-state index is 0. The van der Waals surface area contributed by atoms with Gasteiger partial charge in [0.1, 0.15) is 5.75 Å². The molecule has 0 radical (unpaired) electrons. The second-order valence-electron chi connectivity index (χ2n) is 5.61. The zero-order chi connectivity index (χ0) is 11.9. The van der Waals surface area contributed by atoms with Gasteiger partial charge < -0.3 is 10.0 Å². The van der Waals surface area contributed by atoms with Crippen LogP contribution in [-0.4, -0.2) is 29.1 Å². The van der Waals surface area contributed by atoms with E-state index < -0.39 is 0 Å². The van der Waals surface area contributed by atoms with Crippen LogP contribution in [0.2, 0.25) is 0 Å². The molecule has 2 fully saturated rings. The van der Waals surface area contributed by atoms with Crippen LogP contribution in [0.3, 0.4) is 0 Å². The summed E-state index contributed by atoms with van der Waals surface area (Å²) in [6.45, 7) is 4.66. The van der Waals surface area contributed by atoms with Gasteiger partial charge in [0, 0.05) is 6.04 Å². The average molecular weight is 312 g/mol. The molecule has 0 spiro atoms. The third kappa shape index (κ3) is 2.19. The Bertz CT molecular complexity index is 423. The first kappa shape index (κ1) is 13.9. The van der Waals surface area contributed by atoms with E-state index in [1.165, 1.54) is 44.3 Å². The summed E-state index contributed by atoms with van der Waals surface area (Å²) in [5.74, 6) is 0.415. The lowest BCUT2D eigenvalue weighted by atomic mass is 9.74. The number of benzene rings is 1. The minimum absolute atomic E-state index is 0.